The highest BCUT2D eigenvalue weighted by atomic mass is 19.1. The monoisotopic (exact) mass is 371 g/mol. The summed E-state index contributed by atoms with van der Waals surface area (Å²) in [5.41, 5.74) is 1.68. The van der Waals surface area contributed by atoms with Crippen molar-refractivity contribution in [3.63, 3.8) is 0 Å². The number of nitrogens with zero attached hydrogens (tertiary/aromatic N) is 3. The summed E-state index contributed by atoms with van der Waals surface area (Å²) in [6, 6.07) is 6.95. The Morgan fingerprint density at radius 1 is 1.04 bits per heavy atom. The molecule has 0 N–H and O–H groups in total. The number of benzene rings is 1. The molecule has 2 heterocycles. The van der Waals surface area contributed by atoms with Crippen LogP contribution in [0.1, 0.15) is 28.7 Å². The van der Waals surface area contributed by atoms with Crippen molar-refractivity contribution in [2.45, 2.75) is 20.8 Å². The molecule has 140 valence electrons. The zero-order valence-corrected chi connectivity index (χ0v) is 15.2. The van der Waals surface area contributed by atoms with Gasteiger partial charge in [-0.05, 0) is 39.0 Å². The quantitative estimate of drug-likeness (QED) is 0.459. The van der Waals surface area contributed by atoms with E-state index in [1.165, 1.54) is 6.07 Å². The molecule has 1 aliphatic heterocycles. The zero-order chi connectivity index (χ0) is 19.9. The third-order valence-corrected chi connectivity index (χ3v) is 4.58. The van der Waals surface area contributed by atoms with E-state index in [1.807, 2.05) is 0 Å². The van der Waals surface area contributed by atoms with Gasteiger partial charge in [0.1, 0.15) is 5.82 Å². The van der Waals surface area contributed by atoms with Crippen LogP contribution in [0.2, 0.25) is 0 Å². The van der Waals surface area contributed by atoms with E-state index in [1.54, 1.807) is 49.6 Å². The summed E-state index contributed by atoms with van der Waals surface area (Å²) in [5, 5.41) is 0. The van der Waals surface area contributed by atoms with Crippen molar-refractivity contribution < 1.29 is 23.6 Å². The first-order chi connectivity index (χ1) is 12.8. The highest BCUT2D eigenvalue weighted by Gasteiger charge is 2.44. The Bertz CT molecular complexity index is 979. The number of carbonyl (C=O) groups excluding carboxylic acids is 4. The van der Waals surface area contributed by atoms with Gasteiger partial charge in [-0.15, -0.1) is 0 Å². The number of likely N-dealkylation sites (N-methyl/N-ethyl adjacent to an activating group) is 1. The molecule has 0 spiro atoms. The van der Waals surface area contributed by atoms with Crippen LogP contribution in [0.5, 0.6) is 0 Å². The Morgan fingerprint density at radius 3 is 2.26 bits per heavy atom. The minimum Gasteiger partial charge on any atom is -0.315 e. The number of amides is 4. The predicted octanol–water partition coefficient (Wildman–Crippen LogP) is 2.23. The number of aryl methyl sites for hydroxylation is 1. The maximum atomic E-state index is 14.2. The second-order valence-corrected chi connectivity index (χ2v) is 6.22. The summed E-state index contributed by atoms with van der Waals surface area (Å²) in [5.74, 6) is -2.89. The molecule has 0 saturated carbocycles. The Balaban J connectivity index is 1.92. The first kappa shape index (κ1) is 18.5. The Labute approximate surface area is 155 Å². The molecule has 4 amide bonds. The van der Waals surface area contributed by atoms with Gasteiger partial charge in [-0.1, -0.05) is 12.1 Å². The molecule has 0 aliphatic carbocycles. The Hall–Kier alpha value is -3.29. The third kappa shape index (κ3) is 2.92. The number of hydrogen-bond acceptors (Lipinski definition) is 4. The maximum absolute atomic E-state index is 14.2. The summed E-state index contributed by atoms with van der Waals surface area (Å²) in [6.45, 7) is 4.46. The minimum atomic E-state index is -1.02. The first-order valence-electron chi connectivity index (χ1n) is 8.42. The van der Waals surface area contributed by atoms with Gasteiger partial charge in [0, 0.05) is 23.5 Å². The summed E-state index contributed by atoms with van der Waals surface area (Å²) in [4.78, 5) is 50.1. The van der Waals surface area contributed by atoms with Crippen LogP contribution in [-0.2, 0) is 9.59 Å². The third-order valence-electron chi connectivity index (χ3n) is 4.58. The van der Waals surface area contributed by atoms with Gasteiger partial charge in [0.15, 0.2) is 5.78 Å². The molecule has 0 radical (unpaired) electrons. The topological polar surface area (TPSA) is 79.7 Å². The molecule has 8 heteroatoms. The van der Waals surface area contributed by atoms with Crippen molar-refractivity contribution in [3.05, 3.63) is 53.1 Å². The molecule has 0 atom stereocenters. The molecular weight excluding hydrogens is 353 g/mol. The van der Waals surface area contributed by atoms with Crippen molar-refractivity contribution >= 4 is 23.6 Å². The number of rotatable bonds is 5. The van der Waals surface area contributed by atoms with Crippen molar-refractivity contribution in [3.8, 4) is 5.69 Å². The van der Waals surface area contributed by atoms with Crippen LogP contribution in [0.3, 0.4) is 0 Å². The van der Waals surface area contributed by atoms with Gasteiger partial charge in [0.05, 0.1) is 12.2 Å². The summed E-state index contributed by atoms with van der Waals surface area (Å²) >= 11 is 0. The fourth-order valence-corrected chi connectivity index (χ4v) is 3.25. The van der Waals surface area contributed by atoms with Crippen LogP contribution >= 0.6 is 0 Å². The molecule has 1 fully saturated rings. The minimum absolute atomic E-state index is 0.0515. The van der Waals surface area contributed by atoms with E-state index in [2.05, 4.69) is 0 Å². The molecule has 0 unspecified atom stereocenters. The Morgan fingerprint density at radius 2 is 1.67 bits per heavy atom. The zero-order valence-electron chi connectivity index (χ0n) is 15.2. The van der Waals surface area contributed by atoms with Gasteiger partial charge in [0.2, 0.25) is 0 Å². The number of Topliss-reactive ketones (excluding diaryl/α,β-unsaturated/α-hetero) is 1. The summed E-state index contributed by atoms with van der Waals surface area (Å²) < 4.78 is 15.8. The van der Waals surface area contributed by atoms with Crippen LogP contribution < -0.4 is 0 Å². The van der Waals surface area contributed by atoms with Crippen LogP contribution in [-0.4, -0.2) is 51.1 Å². The lowest BCUT2D eigenvalue weighted by Crippen LogP contribution is -2.37. The normalized spacial score (nSPS) is 14.4. The highest BCUT2D eigenvalue weighted by Crippen LogP contribution is 2.24. The van der Waals surface area contributed by atoms with Gasteiger partial charge in [0.25, 0.3) is 0 Å². The number of ketones is 1. The molecule has 7 nitrogen and oxygen atoms in total. The summed E-state index contributed by atoms with van der Waals surface area (Å²) in [7, 11) is 0. The molecule has 1 aliphatic rings. The van der Waals surface area contributed by atoms with E-state index in [4.69, 9.17) is 0 Å². The number of imide groups is 2. The van der Waals surface area contributed by atoms with Crippen molar-refractivity contribution in [1.82, 2.24) is 14.4 Å². The van der Waals surface area contributed by atoms with Crippen molar-refractivity contribution in [1.29, 1.82) is 0 Å². The number of para-hydroxylation sites is 1. The number of halogens is 1. The number of hydrogen-bond donors (Lipinski definition) is 0. The molecule has 2 aromatic rings. The standard InChI is InChI=1S/C19H18FN3O4/c1-4-21-17(25)18(26)22(19(21)27)10-16(24)13-9-11(2)23(12(13)3)15-8-6-5-7-14(15)20/h5-9H,4,10H2,1-3H3. The molecular formula is C19H18FN3O4. The van der Waals surface area contributed by atoms with Gasteiger partial charge < -0.3 is 4.57 Å². The number of urea groups is 1. The fourth-order valence-electron chi connectivity index (χ4n) is 3.25. The smallest absolute Gasteiger partial charge is 0.315 e. The molecule has 3 rings (SSSR count). The fraction of sp³-hybridized carbons (Fsp3) is 0.263. The molecule has 27 heavy (non-hydrogen) atoms. The number of aromatic nitrogens is 1. The van der Waals surface area contributed by atoms with Crippen LogP contribution in [0.4, 0.5) is 9.18 Å². The number of carbonyl (C=O) groups is 4. The van der Waals surface area contributed by atoms with Gasteiger partial charge >= 0.3 is 17.8 Å². The SMILES string of the molecule is CCN1C(=O)C(=O)N(CC(=O)c2cc(C)n(-c3ccccc3F)c2C)C1=O. The molecule has 1 saturated heterocycles. The molecule has 0 bridgehead atoms. The predicted molar refractivity (Wildman–Crippen MR) is 94.0 cm³/mol. The van der Waals surface area contributed by atoms with E-state index in [0.29, 0.717) is 22.0 Å². The molecule has 1 aromatic heterocycles. The lowest BCUT2D eigenvalue weighted by Gasteiger charge is -2.14. The highest BCUT2D eigenvalue weighted by molar-refractivity contribution is 6.45. The van der Waals surface area contributed by atoms with E-state index in [9.17, 15) is 23.6 Å². The van der Waals surface area contributed by atoms with Crippen molar-refractivity contribution in [2.24, 2.45) is 0 Å². The lowest BCUT2D eigenvalue weighted by atomic mass is 10.1. The van der Waals surface area contributed by atoms with Crippen LogP contribution in [0.15, 0.2) is 30.3 Å². The van der Waals surface area contributed by atoms with E-state index >= 15 is 0 Å². The average Bonchev–Trinajstić information content (AvgIpc) is 3.03. The van der Waals surface area contributed by atoms with Gasteiger partial charge in [-0.2, -0.15) is 0 Å². The van der Waals surface area contributed by atoms with Crippen molar-refractivity contribution in [2.75, 3.05) is 13.1 Å². The summed E-state index contributed by atoms with van der Waals surface area (Å²) in [6.07, 6.45) is 0. The van der Waals surface area contributed by atoms with Crippen LogP contribution in [0, 0.1) is 19.7 Å². The van der Waals surface area contributed by atoms with Gasteiger partial charge in [-0.25, -0.2) is 14.1 Å². The first-order valence-corrected chi connectivity index (χ1v) is 8.42. The van der Waals surface area contributed by atoms with E-state index in [0.717, 1.165) is 4.90 Å². The van der Waals surface area contributed by atoms with Gasteiger partial charge in [-0.3, -0.25) is 19.3 Å². The van der Waals surface area contributed by atoms with E-state index in [-0.39, 0.29) is 12.1 Å². The average molecular weight is 371 g/mol. The second kappa shape index (κ2) is 6.79. The maximum Gasteiger partial charge on any atom is 0.334 e. The lowest BCUT2D eigenvalue weighted by molar-refractivity contribution is -0.143. The van der Waals surface area contributed by atoms with Crippen LogP contribution in [0.25, 0.3) is 5.69 Å². The van der Waals surface area contributed by atoms with E-state index < -0.39 is 36.0 Å². The molecule has 1 aromatic carbocycles. The second-order valence-electron chi connectivity index (χ2n) is 6.22. The largest absolute Gasteiger partial charge is 0.334 e. The Kier molecular flexibility index (Phi) is 4.65.